The van der Waals surface area contributed by atoms with Crippen molar-refractivity contribution in [1.29, 1.82) is 0 Å². The lowest BCUT2D eigenvalue weighted by molar-refractivity contribution is -0.485. The number of hydrogen-bond donors (Lipinski definition) is 2. The predicted octanol–water partition coefficient (Wildman–Crippen LogP) is -0.924. The molecule has 7 heteroatoms. The van der Waals surface area contributed by atoms with Gasteiger partial charge in [0.05, 0.1) is 0 Å². The topological polar surface area (TPSA) is 103 Å². The number of hydrogen-bond acceptors (Lipinski definition) is 3. The van der Waals surface area contributed by atoms with Gasteiger partial charge >= 0.3 is 0 Å². The summed E-state index contributed by atoms with van der Waals surface area (Å²) in [5, 5.41) is 14.0. The van der Waals surface area contributed by atoms with Crippen LogP contribution in [0.3, 0.4) is 0 Å². The van der Waals surface area contributed by atoms with Gasteiger partial charge in [-0.15, -0.1) is 0 Å². The van der Waals surface area contributed by atoms with Crippen LogP contribution in [0.1, 0.15) is 6.92 Å². The minimum atomic E-state index is -0.881. The Morgan fingerprint density at radius 3 is 3.00 bits per heavy atom. The van der Waals surface area contributed by atoms with Gasteiger partial charge in [0.25, 0.3) is 5.96 Å². The number of nitro groups is 1. The van der Waals surface area contributed by atoms with Gasteiger partial charge < -0.3 is 15.8 Å². The van der Waals surface area contributed by atoms with Crippen LogP contribution in [0, 0.1) is 10.1 Å². The molecule has 0 heterocycles. The van der Waals surface area contributed by atoms with E-state index in [9.17, 15) is 10.1 Å². The molecule has 0 aliphatic heterocycles. The Hall–Kier alpha value is -1.37. The monoisotopic (exact) mass is 162 g/mol. The molecule has 0 aromatic rings. The maximum absolute atomic E-state index is 9.70. The van der Waals surface area contributed by atoms with Gasteiger partial charge in [-0.3, -0.25) is 0 Å². The van der Waals surface area contributed by atoms with Crippen LogP contribution in [0.5, 0.6) is 0 Å². The van der Waals surface area contributed by atoms with Crippen LogP contribution in [-0.4, -0.2) is 24.3 Å². The van der Waals surface area contributed by atoms with Crippen LogP contribution < -0.4 is 11.1 Å². The zero-order chi connectivity index (χ0) is 8.69. The van der Waals surface area contributed by atoms with Gasteiger partial charge in [0.15, 0.2) is 5.03 Å². The van der Waals surface area contributed by atoms with Crippen molar-refractivity contribution in [3.05, 3.63) is 10.1 Å². The molecule has 0 saturated carbocycles. The van der Waals surface area contributed by atoms with Gasteiger partial charge in [0, 0.05) is 6.61 Å². The quantitative estimate of drug-likeness (QED) is 0.139. The molecule has 7 nitrogen and oxygen atoms in total. The van der Waals surface area contributed by atoms with Gasteiger partial charge in [-0.05, 0) is 6.92 Å². The van der Waals surface area contributed by atoms with Gasteiger partial charge in [-0.2, -0.15) is 0 Å². The van der Waals surface area contributed by atoms with E-state index in [2.05, 4.69) is 10.4 Å². The van der Waals surface area contributed by atoms with E-state index in [1.54, 1.807) is 6.92 Å². The van der Waals surface area contributed by atoms with Crippen LogP contribution in [0.2, 0.25) is 0 Å². The second-order valence-electron chi connectivity index (χ2n) is 1.54. The molecule has 64 valence electrons. The Kier molecular flexibility index (Phi) is 4.74. The Bertz CT molecular complexity index is 157. The summed E-state index contributed by atoms with van der Waals surface area (Å²) in [7, 11) is 0. The molecular weight excluding hydrogens is 152 g/mol. The highest BCUT2D eigenvalue weighted by atomic mass is 16.7. The van der Waals surface area contributed by atoms with E-state index in [0.717, 1.165) is 0 Å². The number of hydrazone groups is 1. The van der Waals surface area contributed by atoms with Gasteiger partial charge in [-0.1, -0.05) is 0 Å². The van der Waals surface area contributed by atoms with Crippen molar-refractivity contribution in [2.45, 2.75) is 6.92 Å². The van der Waals surface area contributed by atoms with E-state index in [-0.39, 0.29) is 12.7 Å². The Balaban J connectivity index is 3.51. The third-order valence-electron chi connectivity index (χ3n) is 0.749. The average Bonchev–Trinajstić information content (AvgIpc) is 1.86. The fraction of sp³-hybridized carbons (Fsp3) is 0.750. The highest BCUT2D eigenvalue weighted by Crippen LogP contribution is 1.70. The first-order chi connectivity index (χ1) is 5.16. The summed E-state index contributed by atoms with van der Waals surface area (Å²) in [5.41, 5.74) is 5.03. The Labute approximate surface area is 63.4 Å². The lowest BCUT2D eigenvalue weighted by Gasteiger charge is -2.00. The van der Waals surface area contributed by atoms with Crippen LogP contribution in [-0.2, 0) is 4.74 Å². The van der Waals surface area contributed by atoms with Gasteiger partial charge in [0.1, 0.15) is 11.8 Å². The molecule has 0 aromatic carbocycles. The van der Waals surface area contributed by atoms with Crippen LogP contribution >= 0.6 is 0 Å². The molecule has 0 saturated heterocycles. The van der Waals surface area contributed by atoms with Gasteiger partial charge in [-0.25, -0.2) is 10.1 Å². The SMILES string of the molecule is CCOCNC(N)=N[N+](=O)[O-]. The standard InChI is InChI=1S/C4H10N4O3/c1-2-11-3-6-4(5)7-8(9)10/h2-3H2,1H3,(H3,5,6,7). The number of nitrogens with zero attached hydrogens (tertiary/aromatic N) is 2. The van der Waals surface area contributed by atoms with Crippen molar-refractivity contribution >= 4 is 5.96 Å². The number of ether oxygens (including phenoxy) is 1. The molecule has 0 bridgehead atoms. The summed E-state index contributed by atoms with van der Waals surface area (Å²) < 4.78 is 4.79. The van der Waals surface area contributed by atoms with Crippen molar-refractivity contribution in [1.82, 2.24) is 5.32 Å². The van der Waals surface area contributed by atoms with E-state index >= 15 is 0 Å². The Morgan fingerprint density at radius 2 is 2.55 bits per heavy atom. The van der Waals surface area contributed by atoms with Crippen molar-refractivity contribution in [2.75, 3.05) is 13.3 Å². The highest BCUT2D eigenvalue weighted by Gasteiger charge is 1.95. The molecule has 0 atom stereocenters. The fourth-order valence-electron chi connectivity index (χ4n) is 0.350. The lowest BCUT2D eigenvalue weighted by atomic mass is 10.9. The Morgan fingerprint density at radius 1 is 1.91 bits per heavy atom. The smallest absolute Gasteiger partial charge is 0.267 e. The summed E-state index contributed by atoms with van der Waals surface area (Å²) in [6, 6.07) is 0. The van der Waals surface area contributed by atoms with Crippen molar-refractivity contribution in [3.8, 4) is 0 Å². The van der Waals surface area contributed by atoms with Crippen LogP contribution in [0.25, 0.3) is 0 Å². The van der Waals surface area contributed by atoms with E-state index < -0.39 is 5.03 Å². The summed E-state index contributed by atoms with van der Waals surface area (Å²) in [5.74, 6) is -0.261. The number of nitrogens with two attached hydrogens (primary N) is 1. The normalized spacial score (nSPS) is 11.2. The first-order valence-electron chi connectivity index (χ1n) is 2.97. The first kappa shape index (κ1) is 9.63. The number of guanidine groups is 1. The molecule has 0 aromatic heterocycles. The molecule has 3 N–H and O–H groups in total. The molecule has 0 fully saturated rings. The summed E-state index contributed by atoms with van der Waals surface area (Å²) in [4.78, 5) is 9.70. The number of rotatable bonds is 4. The fourth-order valence-corrected chi connectivity index (χ4v) is 0.350. The largest absolute Gasteiger partial charge is 0.365 e. The summed E-state index contributed by atoms with van der Waals surface area (Å²) >= 11 is 0. The highest BCUT2D eigenvalue weighted by molar-refractivity contribution is 5.76. The van der Waals surface area contributed by atoms with Crippen molar-refractivity contribution in [3.63, 3.8) is 0 Å². The third-order valence-corrected chi connectivity index (χ3v) is 0.749. The number of nitrogens with one attached hydrogen (secondary N) is 1. The van der Waals surface area contributed by atoms with E-state index in [0.29, 0.717) is 6.61 Å². The lowest BCUT2D eigenvalue weighted by Crippen LogP contribution is -2.34. The molecule has 11 heavy (non-hydrogen) atoms. The zero-order valence-corrected chi connectivity index (χ0v) is 6.11. The van der Waals surface area contributed by atoms with Gasteiger partial charge in [0.2, 0.25) is 0 Å². The molecule has 0 radical (unpaired) electrons. The van der Waals surface area contributed by atoms with E-state index in [4.69, 9.17) is 10.5 Å². The summed E-state index contributed by atoms with van der Waals surface area (Å²) in [6.07, 6.45) is 0. The second-order valence-corrected chi connectivity index (χ2v) is 1.54. The molecule has 0 unspecified atom stereocenters. The van der Waals surface area contributed by atoms with Crippen molar-refractivity contribution < 1.29 is 9.77 Å². The predicted molar refractivity (Wildman–Crippen MR) is 38.2 cm³/mol. The molecular formula is C4H10N4O3. The van der Waals surface area contributed by atoms with Crippen LogP contribution in [0.4, 0.5) is 0 Å². The average molecular weight is 162 g/mol. The maximum Gasteiger partial charge on any atom is 0.267 e. The van der Waals surface area contributed by atoms with E-state index in [1.165, 1.54) is 0 Å². The molecule has 0 aliphatic rings. The van der Waals surface area contributed by atoms with E-state index in [1.807, 2.05) is 0 Å². The molecule has 0 spiro atoms. The first-order valence-corrected chi connectivity index (χ1v) is 2.97. The molecule has 0 amide bonds. The van der Waals surface area contributed by atoms with Crippen LogP contribution in [0.15, 0.2) is 5.10 Å². The third kappa shape index (κ3) is 6.52. The maximum atomic E-state index is 9.70. The molecule has 0 rings (SSSR count). The molecule has 0 aliphatic carbocycles. The minimum absolute atomic E-state index is 0.125. The van der Waals surface area contributed by atoms with Crippen molar-refractivity contribution in [2.24, 2.45) is 10.8 Å². The zero-order valence-electron chi connectivity index (χ0n) is 6.11. The summed E-state index contributed by atoms with van der Waals surface area (Å²) in [6.45, 7) is 2.43. The minimum Gasteiger partial charge on any atom is -0.365 e. The second kappa shape index (κ2) is 5.42.